The Labute approximate surface area is 84.2 Å². The molecule has 0 aromatic carbocycles. The molecule has 0 aliphatic carbocycles. The molecule has 0 fully saturated rings. The summed E-state index contributed by atoms with van der Waals surface area (Å²) in [6.07, 6.45) is 1.31. The third kappa shape index (κ3) is 7.53. The summed E-state index contributed by atoms with van der Waals surface area (Å²) in [5, 5.41) is 8.41. The third-order valence-electron chi connectivity index (χ3n) is 1.78. The van der Waals surface area contributed by atoms with Gasteiger partial charge in [0.25, 0.3) is 0 Å². The average molecular weight is 199 g/mol. The van der Waals surface area contributed by atoms with Crippen LogP contribution in [0.3, 0.4) is 0 Å². The minimum Gasteiger partial charge on any atom is -0.368 e. The topological polar surface area (TPSA) is 88.1 Å². The Morgan fingerprint density at radius 2 is 2.29 bits per heavy atom. The molecule has 80 valence electrons. The van der Waals surface area contributed by atoms with Crippen LogP contribution in [0.2, 0.25) is 0 Å². The molecule has 0 unspecified atom stereocenters. The fourth-order valence-corrected chi connectivity index (χ4v) is 0.851. The van der Waals surface area contributed by atoms with Crippen LogP contribution in [0.25, 0.3) is 0 Å². The molecule has 5 heteroatoms. The Bertz CT molecular complexity index is 221. The summed E-state index contributed by atoms with van der Waals surface area (Å²) in [7, 11) is 0. The van der Waals surface area contributed by atoms with Crippen molar-refractivity contribution in [2.45, 2.75) is 26.7 Å². The molecule has 0 heterocycles. The van der Waals surface area contributed by atoms with Gasteiger partial charge in [-0.3, -0.25) is 9.63 Å². The molecular weight excluding hydrogens is 182 g/mol. The molecule has 0 aromatic heterocycles. The standard InChI is InChI=1S/C9H17N3O2/c1-9(2,4-3-5-10)7-12-14-6-8(11)13/h12H,3-4,6-7H2,1-2H3,(H2,11,13). The normalized spacial score (nSPS) is 10.9. The zero-order valence-electron chi connectivity index (χ0n) is 8.67. The molecule has 1 amide bonds. The molecule has 0 saturated heterocycles. The van der Waals surface area contributed by atoms with Crippen molar-refractivity contribution in [3.8, 4) is 6.07 Å². The van der Waals surface area contributed by atoms with Crippen molar-refractivity contribution < 1.29 is 9.63 Å². The number of nitriles is 1. The van der Waals surface area contributed by atoms with Gasteiger partial charge in [0.1, 0.15) is 6.61 Å². The fraction of sp³-hybridized carbons (Fsp3) is 0.778. The highest BCUT2D eigenvalue weighted by Crippen LogP contribution is 2.20. The van der Waals surface area contributed by atoms with Crippen molar-refractivity contribution in [3.63, 3.8) is 0 Å². The van der Waals surface area contributed by atoms with E-state index in [0.717, 1.165) is 6.42 Å². The summed E-state index contributed by atoms with van der Waals surface area (Å²) in [6.45, 7) is 4.49. The lowest BCUT2D eigenvalue weighted by Crippen LogP contribution is -2.32. The van der Waals surface area contributed by atoms with Gasteiger partial charge in [0.15, 0.2) is 0 Å². The van der Waals surface area contributed by atoms with Crippen LogP contribution in [0.1, 0.15) is 26.7 Å². The van der Waals surface area contributed by atoms with Crippen molar-refractivity contribution in [2.75, 3.05) is 13.2 Å². The molecule has 0 saturated carbocycles. The molecule has 5 nitrogen and oxygen atoms in total. The molecule has 3 N–H and O–H groups in total. The number of carbonyl (C=O) groups is 1. The van der Waals surface area contributed by atoms with E-state index in [-0.39, 0.29) is 12.0 Å². The molecule has 0 atom stereocenters. The van der Waals surface area contributed by atoms with E-state index in [4.69, 9.17) is 15.8 Å². The van der Waals surface area contributed by atoms with Crippen molar-refractivity contribution in [1.82, 2.24) is 5.48 Å². The van der Waals surface area contributed by atoms with Gasteiger partial charge >= 0.3 is 0 Å². The molecule has 0 aliphatic rings. The first-order valence-corrected chi connectivity index (χ1v) is 4.48. The van der Waals surface area contributed by atoms with E-state index in [1.807, 2.05) is 13.8 Å². The van der Waals surface area contributed by atoms with Crippen LogP contribution >= 0.6 is 0 Å². The SMILES string of the molecule is CC(C)(CCC#N)CNOCC(N)=O. The molecule has 0 spiro atoms. The van der Waals surface area contributed by atoms with Crippen LogP contribution in [0.4, 0.5) is 0 Å². The predicted molar refractivity (Wildman–Crippen MR) is 51.8 cm³/mol. The molecule has 0 radical (unpaired) electrons. The van der Waals surface area contributed by atoms with Gasteiger partial charge in [-0.15, -0.1) is 0 Å². The average Bonchev–Trinajstić information content (AvgIpc) is 2.09. The number of hydroxylamine groups is 1. The van der Waals surface area contributed by atoms with E-state index in [1.54, 1.807) is 0 Å². The lowest BCUT2D eigenvalue weighted by molar-refractivity contribution is -0.125. The number of carbonyl (C=O) groups excluding carboxylic acids is 1. The lowest BCUT2D eigenvalue weighted by Gasteiger charge is -2.23. The largest absolute Gasteiger partial charge is 0.368 e. The molecule has 14 heavy (non-hydrogen) atoms. The van der Waals surface area contributed by atoms with Crippen molar-refractivity contribution >= 4 is 5.91 Å². The first-order chi connectivity index (χ1) is 6.48. The second-order valence-corrected chi connectivity index (χ2v) is 3.90. The highest BCUT2D eigenvalue weighted by molar-refractivity contribution is 5.74. The number of nitrogens with zero attached hydrogens (tertiary/aromatic N) is 1. The maximum absolute atomic E-state index is 10.3. The highest BCUT2D eigenvalue weighted by Gasteiger charge is 2.16. The zero-order chi connectivity index (χ0) is 11.0. The number of hydrogen-bond donors (Lipinski definition) is 2. The number of nitrogens with two attached hydrogens (primary N) is 1. The van der Waals surface area contributed by atoms with Crippen LogP contribution in [-0.4, -0.2) is 19.1 Å². The minimum atomic E-state index is -0.507. The van der Waals surface area contributed by atoms with Crippen molar-refractivity contribution in [1.29, 1.82) is 5.26 Å². The third-order valence-corrected chi connectivity index (χ3v) is 1.78. The van der Waals surface area contributed by atoms with Gasteiger partial charge in [0.2, 0.25) is 5.91 Å². The van der Waals surface area contributed by atoms with Crippen LogP contribution in [0.15, 0.2) is 0 Å². The molecule has 0 rings (SSSR count). The Morgan fingerprint density at radius 3 is 2.79 bits per heavy atom. The summed E-state index contributed by atoms with van der Waals surface area (Å²) < 4.78 is 0. The van der Waals surface area contributed by atoms with Crippen LogP contribution in [-0.2, 0) is 9.63 Å². The second kappa shape index (κ2) is 6.35. The smallest absolute Gasteiger partial charge is 0.245 e. The van der Waals surface area contributed by atoms with E-state index in [0.29, 0.717) is 13.0 Å². The van der Waals surface area contributed by atoms with Gasteiger partial charge in [-0.05, 0) is 11.8 Å². The van der Waals surface area contributed by atoms with Crippen LogP contribution in [0, 0.1) is 16.7 Å². The summed E-state index contributed by atoms with van der Waals surface area (Å²) in [4.78, 5) is 15.1. The summed E-state index contributed by atoms with van der Waals surface area (Å²) in [5.41, 5.74) is 7.51. The predicted octanol–water partition coefficient (Wildman–Crippen LogP) is 0.323. The van der Waals surface area contributed by atoms with E-state index >= 15 is 0 Å². The summed E-state index contributed by atoms with van der Waals surface area (Å²) >= 11 is 0. The first-order valence-electron chi connectivity index (χ1n) is 4.48. The number of rotatable bonds is 7. The maximum Gasteiger partial charge on any atom is 0.245 e. The monoisotopic (exact) mass is 199 g/mol. The number of hydrogen-bond acceptors (Lipinski definition) is 4. The maximum atomic E-state index is 10.3. The number of primary amides is 1. The highest BCUT2D eigenvalue weighted by atomic mass is 16.6. The Hall–Kier alpha value is -1.12. The Kier molecular flexibility index (Phi) is 5.84. The first kappa shape index (κ1) is 12.9. The zero-order valence-corrected chi connectivity index (χ0v) is 8.67. The van der Waals surface area contributed by atoms with Gasteiger partial charge in [-0.25, -0.2) is 5.48 Å². The molecule has 0 aliphatic heterocycles. The van der Waals surface area contributed by atoms with E-state index < -0.39 is 5.91 Å². The van der Waals surface area contributed by atoms with Gasteiger partial charge in [-0.1, -0.05) is 13.8 Å². The summed E-state index contributed by atoms with van der Waals surface area (Å²) in [6, 6.07) is 2.09. The summed E-state index contributed by atoms with van der Waals surface area (Å²) in [5.74, 6) is -0.507. The molecule has 0 bridgehead atoms. The lowest BCUT2D eigenvalue weighted by atomic mass is 9.88. The minimum absolute atomic E-state index is 0.0205. The Morgan fingerprint density at radius 1 is 1.64 bits per heavy atom. The van der Waals surface area contributed by atoms with E-state index in [9.17, 15) is 4.79 Å². The number of nitrogens with one attached hydrogen (secondary N) is 1. The Balaban J connectivity index is 3.55. The van der Waals surface area contributed by atoms with Gasteiger partial charge in [-0.2, -0.15) is 5.26 Å². The van der Waals surface area contributed by atoms with Crippen LogP contribution in [0.5, 0.6) is 0 Å². The van der Waals surface area contributed by atoms with E-state index in [2.05, 4.69) is 11.5 Å². The second-order valence-electron chi connectivity index (χ2n) is 3.90. The molecule has 0 aromatic rings. The quantitative estimate of drug-likeness (QED) is 0.456. The van der Waals surface area contributed by atoms with Gasteiger partial charge in [0.05, 0.1) is 6.07 Å². The van der Waals surface area contributed by atoms with Gasteiger partial charge < -0.3 is 5.73 Å². The van der Waals surface area contributed by atoms with E-state index in [1.165, 1.54) is 0 Å². The number of amides is 1. The molecular formula is C9H17N3O2. The fourth-order valence-electron chi connectivity index (χ4n) is 0.851. The van der Waals surface area contributed by atoms with Gasteiger partial charge in [0, 0.05) is 13.0 Å². The van der Waals surface area contributed by atoms with Crippen molar-refractivity contribution in [2.24, 2.45) is 11.1 Å². The van der Waals surface area contributed by atoms with Crippen LogP contribution < -0.4 is 11.2 Å². The van der Waals surface area contributed by atoms with Crippen molar-refractivity contribution in [3.05, 3.63) is 0 Å².